The maximum Gasteiger partial charge on any atom is 0.0709 e. The van der Waals surface area contributed by atoms with E-state index in [9.17, 15) is 0 Å². The minimum absolute atomic E-state index is 0.184. The first-order valence-electron chi connectivity index (χ1n) is 7.49. The van der Waals surface area contributed by atoms with E-state index in [1.807, 2.05) is 0 Å². The van der Waals surface area contributed by atoms with Gasteiger partial charge in [-0.2, -0.15) is 12.6 Å². The maximum atomic E-state index is 6.30. The third kappa shape index (κ3) is 3.05. The van der Waals surface area contributed by atoms with Crippen LogP contribution < -0.4 is 0 Å². The molecular weight excluding hydrogens is 242 g/mol. The van der Waals surface area contributed by atoms with Gasteiger partial charge in [-0.05, 0) is 44.9 Å². The highest BCUT2D eigenvalue weighted by Gasteiger charge is 2.43. The summed E-state index contributed by atoms with van der Waals surface area (Å²) >= 11 is 4.61. The van der Waals surface area contributed by atoms with Crippen molar-refractivity contribution in [2.75, 3.05) is 19.7 Å². The van der Waals surface area contributed by atoms with Crippen molar-refractivity contribution in [3.8, 4) is 0 Å². The average Bonchev–Trinajstić information content (AvgIpc) is 2.29. The predicted octanol–water partition coefficient (Wildman–Crippen LogP) is 3.22. The largest absolute Gasteiger partial charge is 0.375 e. The minimum Gasteiger partial charge on any atom is -0.375 e. The lowest BCUT2D eigenvalue weighted by Crippen LogP contribution is -2.53. The summed E-state index contributed by atoms with van der Waals surface area (Å²) in [5, 5.41) is 0.452. The van der Waals surface area contributed by atoms with Crippen LogP contribution in [0.3, 0.4) is 0 Å². The van der Waals surface area contributed by atoms with Gasteiger partial charge in [0.15, 0.2) is 0 Å². The fourth-order valence-electron chi connectivity index (χ4n) is 3.65. The molecule has 0 aromatic heterocycles. The topological polar surface area (TPSA) is 12.5 Å². The fraction of sp³-hybridized carbons (Fsp3) is 1.00. The summed E-state index contributed by atoms with van der Waals surface area (Å²) in [6.07, 6.45) is 3.65. The summed E-state index contributed by atoms with van der Waals surface area (Å²) in [6.45, 7) is 12.5. The van der Waals surface area contributed by atoms with E-state index < -0.39 is 0 Å². The summed E-state index contributed by atoms with van der Waals surface area (Å²) in [5.41, 5.74) is 0.184. The maximum absolute atomic E-state index is 6.30. The van der Waals surface area contributed by atoms with Crippen molar-refractivity contribution in [1.29, 1.82) is 0 Å². The standard InChI is InChI=1S/C15H29NOS/c1-11(2)16-7-5-15(6-8-16)9-12(3)14(10-17-15)13(4)18/h11-14,18H,5-10H2,1-4H3. The Morgan fingerprint density at radius 3 is 2.28 bits per heavy atom. The summed E-state index contributed by atoms with van der Waals surface area (Å²) in [5.74, 6) is 1.37. The zero-order chi connectivity index (χ0) is 13.3. The lowest BCUT2D eigenvalue weighted by atomic mass is 9.75. The van der Waals surface area contributed by atoms with E-state index in [0.717, 1.165) is 12.5 Å². The Labute approximate surface area is 118 Å². The van der Waals surface area contributed by atoms with Crippen molar-refractivity contribution in [1.82, 2.24) is 4.90 Å². The normalized spacial score (nSPS) is 35.0. The number of hydrogen-bond acceptors (Lipinski definition) is 3. The van der Waals surface area contributed by atoms with E-state index in [0.29, 0.717) is 17.2 Å². The molecule has 2 aliphatic heterocycles. The van der Waals surface area contributed by atoms with Crippen molar-refractivity contribution < 1.29 is 4.74 Å². The zero-order valence-electron chi connectivity index (χ0n) is 12.4. The number of ether oxygens (including phenoxy) is 1. The molecule has 0 bridgehead atoms. The molecule has 0 radical (unpaired) electrons. The Kier molecular flexibility index (Phi) is 4.66. The van der Waals surface area contributed by atoms with Gasteiger partial charge in [0.2, 0.25) is 0 Å². The van der Waals surface area contributed by atoms with E-state index in [1.165, 1.54) is 32.4 Å². The second-order valence-electron chi connectivity index (χ2n) is 6.71. The molecule has 2 saturated heterocycles. The monoisotopic (exact) mass is 271 g/mol. The Morgan fingerprint density at radius 1 is 1.22 bits per heavy atom. The number of likely N-dealkylation sites (tertiary alicyclic amines) is 1. The second-order valence-corrected chi connectivity index (χ2v) is 7.52. The van der Waals surface area contributed by atoms with Crippen LogP contribution in [-0.4, -0.2) is 41.5 Å². The third-order valence-electron chi connectivity index (χ3n) is 5.07. The summed E-state index contributed by atoms with van der Waals surface area (Å²) in [7, 11) is 0. The zero-order valence-corrected chi connectivity index (χ0v) is 13.2. The smallest absolute Gasteiger partial charge is 0.0709 e. The van der Waals surface area contributed by atoms with E-state index in [4.69, 9.17) is 4.74 Å². The fourth-order valence-corrected chi connectivity index (χ4v) is 4.03. The van der Waals surface area contributed by atoms with Crippen LogP contribution in [-0.2, 0) is 4.74 Å². The third-order valence-corrected chi connectivity index (χ3v) is 5.45. The average molecular weight is 271 g/mol. The summed E-state index contributed by atoms with van der Waals surface area (Å²) < 4.78 is 6.30. The molecular formula is C15H29NOS. The van der Waals surface area contributed by atoms with E-state index in [1.54, 1.807) is 0 Å². The number of nitrogens with zero attached hydrogens (tertiary/aromatic N) is 1. The van der Waals surface area contributed by atoms with Gasteiger partial charge < -0.3 is 9.64 Å². The van der Waals surface area contributed by atoms with Gasteiger partial charge in [0.05, 0.1) is 12.2 Å². The number of thiol groups is 1. The molecule has 3 atom stereocenters. The van der Waals surface area contributed by atoms with Crippen LogP contribution in [0.5, 0.6) is 0 Å². The van der Waals surface area contributed by atoms with Crippen molar-refractivity contribution in [2.24, 2.45) is 11.8 Å². The summed E-state index contributed by atoms with van der Waals surface area (Å²) in [6, 6.07) is 0.675. The van der Waals surface area contributed by atoms with Crippen molar-refractivity contribution in [2.45, 2.75) is 63.9 Å². The Bertz CT molecular complexity index is 266. The SMILES string of the molecule is CC(S)C1COC2(CCN(C(C)C)CC2)CC1C. The molecule has 3 unspecified atom stereocenters. The molecule has 2 aliphatic rings. The van der Waals surface area contributed by atoms with Crippen molar-refractivity contribution in [3.05, 3.63) is 0 Å². The Morgan fingerprint density at radius 2 is 1.83 bits per heavy atom. The van der Waals surface area contributed by atoms with Crippen LogP contribution in [0, 0.1) is 11.8 Å². The van der Waals surface area contributed by atoms with Crippen LogP contribution >= 0.6 is 12.6 Å². The molecule has 0 aliphatic carbocycles. The van der Waals surface area contributed by atoms with Gasteiger partial charge in [-0.1, -0.05) is 13.8 Å². The lowest BCUT2D eigenvalue weighted by molar-refractivity contribution is -0.147. The lowest BCUT2D eigenvalue weighted by Gasteiger charge is -2.49. The van der Waals surface area contributed by atoms with Crippen molar-refractivity contribution >= 4 is 12.6 Å². The van der Waals surface area contributed by atoms with Crippen molar-refractivity contribution in [3.63, 3.8) is 0 Å². The molecule has 3 heteroatoms. The molecule has 2 fully saturated rings. The first kappa shape index (κ1) is 14.7. The van der Waals surface area contributed by atoms with E-state index in [-0.39, 0.29) is 5.60 Å². The highest BCUT2D eigenvalue weighted by molar-refractivity contribution is 7.80. The Balaban J connectivity index is 1.92. The molecule has 2 nitrogen and oxygen atoms in total. The van der Waals surface area contributed by atoms with Crippen LogP contribution in [0.4, 0.5) is 0 Å². The quantitative estimate of drug-likeness (QED) is 0.774. The van der Waals surface area contributed by atoms with Crippen LogP contribution in [0.25, 0.3) is 0 Å². The van der Waals surface area contributed by atoms with Crippen LogP contribution in [0.15, 0.2) is 0 Å². The van der Waals surface area contributed by atoms with Gasteiger partial charge in [0.1, 0.15) is 0 Å². The second kappa shape index (κ2) is 5.72. The first-order chi connectivity index (χ1) is 8.43. The van der Waals surface area contributed by atoms with Gasteiger partial charge in [-0.15, -0.1) is 0 Å². The number of rotatable bonds is 2. The Hall–Kier alpha value is 0.270. The first-order valence-corrected chi connectivity index (χ1v) is 8.01. The predicted molar refractivity (Wildman–Crippen MR) is 80.3 cm³/mol. The molecule has 2 heterocycles. The molecule has 18 heavy (non-hydrogen) atoms. The van der Waals surface area contributed by atoms with Gasteiger partial charge in [-0.25, -0.2) is 0 Å². The molecule has 0 aromatic carbocycles. The molecule has 0 amide bonds. The van der Waals surface area contributed by atoms with Gasteiger partial charge in [-0.3, -0.25) is 0 Å². The molecule has 0 saturated carbocycles. The van der Waals surface area contributed by atoms with Gasteiger partial charge >= 0.3 is 0 Å². The summed E-state index contributed by atoms with van der Waals surface area (Å²) in [4.78, 5) is 2.58. The van der Waals surface area contributed by atoms with E-state index in [2.05, 4.69) is 45.2 Å². The molecule has 1 spiro atoms. The molecule has 0 N–H and O–H groups in total. The molecule has 0 aromatic rings. The highest BCUT2D eigenvalue weighted by Crippen LogP contribution is 2.41. The van der Waals surface area contributed by atoms with Crippen LogP contribution in [0.2, 0.25) is 0 Å². The van der Waals surface area contributed by atoms with Gasteiger partial charge in [0.25, 0.3) is 0 Å². The number of piperidine rings is 1. The number of hydrogen-bond donors (Lipinski definition) is 1. The molecule has 2 rings (SSSR count). The highest BCUT2D eigenvalue weighted by atomic mass is 32.1. The molecule has 106 valence electrons. The van der Waals surface area contributed by atoms with Crippen LogP contribution in [0.1, 0.15) is 47.0 Å². The minimum atomic E-state index is 0.184. The van der Waals surface area contributed by atoms with Gasteiger partial charge in [0, 0.05) is 24.4 Å². The van der Waals surface area contributed by atoms with E-state index >= 15 is 0 Å².